The molecule has 0 N–H and O–H groups in total. The Kier molecular flexibility index (Phi) is 10.5. The van der Waals surface area contributed by atoms with Gasteiger partial charge < -0.3 is 9.47 Å². The fourth-order valence-corrected chi connectivity index (χ4v) is 3.30. The molecule has 0 fully saturated rings. The van der Waals surface area contributed by atoms with Crippen LogP contribution in [0.3, 0.4) is 0 Å². The van der Waals surface area contributed by atoms with Crippen LogP contribution in [0.15, 0.2) is 29.4 Å². The number of methoxy groups -OCH3 is 2. The Balaban J connectivity index is 0.000000303. The Bertz CT molecular complexity index is 1000. The average Bonchev–Trinajstić information content (AvgIpc) is 2.70. The van der Waals surface area contributed by atoms with Gasteiger partial charge in [0.2, 0.25) is 0 Å². The molecule has 0 atom stereocenters. The number of hydrogen-bond donors (Lipinski definition) is 0. The molecule has 2 aromatic carbocycles. The van der Waals surface area contributed by atoms with Gasteiger partial charge in [-0.15, -0.1) is 0 Å². The molecular formula is C18H14BrCl2F2N3O4. The Hall–Kier alpha value is -2.39. The van der Waals surface area contributed by atoms with Gasteiger partial charge in [-0.1, -0.05) is 44.2 Å². The summed E-state index contributed by atoms with van der Waals surface area (Å²) in [5.41, 5.74) is 9.05. The van der Waals surface area contributed by atoms with Crippen molar-refractivity contribution in [2.45, 2.75) is 11.9 Å². The minimum Gasteiger partial charge on any atom is -0.465 e. The number of halogens is 5. The lowest BCUT2D eigenvalue weighted by molar-refractivity contribution is 0.0590. The molecule has 12 heteroatoms. The molecule has 0 saturated carbocycles. The first-order chi connectivity index (χ1) is 14.2. The smallest absolute Gasteiger partial charge is 0.339 e. The number of azide groups is 1. The van der Waals surface area contributed by atoms with E-state index in [9.17, 15) is 18.4 Å². The third-order valence-corrected chi connectivity index (χ3v) is 4.70. The minimum atomic E-state index is -0.701. The number of esters is 2. The fourth-order valence-electron chi connectivity index (χ4n) is 2.25. The standard InChI is InChI=1S/C9H7BrClFO2.C9H7ClFN3O2/c1-14-9(13)8-5(4-10)2-6(12)3-7(8)11;1-16-9(15)8-5(4-13-14-12)2-6(11)3-7(8)10/h2-3H,4H2,1H3;2-3H,4H2,1H3. The molecule has 2 aromatic rings. The summed E-state index contributed by atoms with van der Waals surface area (Å²) in [6.45, 7) is -0.168. The van der Waals surface area contributed by atoms with Crippen LogP contribution in [0.5, 0.6) is 0 Å². The van der Waals surface area contributed by atoms with E-state index >= 15 is 0 Å². The number of ether oxygens (including phenoxy) is 2. The van der Waals surface area contributed by atoms with Gasteiger partial charge in [-0.2, -0.15) is 0 Å². The van der Waals surface area contributed by atoms with Gasteiger partial charge in [-0.3, -0.25) is 0 Å². The van der Waals surface area contributed by atoms with E-state index in [1.165, 1.54) is 20.3 Å². The Morgan fingerprint density at radius 3 is 1.83 bits per heavy atom. The maximum atomic E-state index is 13.0. The highest BCUT2D eigenvalue weighted by Crippen LogP contribution is 2.25. The highest BCUT2D eigenvalue weighted by molar-refractivity contribution is 9.08. The topological polar surface area (TPSA) is 101 Å². The van der Waals surface area contributed by atoms with Gasteiger partial charge in [0, 0.05) is 10.2 Å². The first-order valence-corrected chi connectivity index (χ1v) is 9.77. The van der Waals surface area contributed by atoms with Crippen molar-refractivity contribution in [3.8, 4) is 0 Å². The molecule has 30 heavy (non-hydrogen) atoms. The summed E-state index contributed by atoms with van der Waals surface area (Å²) in [6, 6.07) is 4.40. The molecule has 0 heterocycles. The largest absolute Gasteiger partial charge is 0.465 e. The summed E-state index contributed by atoms with van der Waals surface area (Å²) in [5, 5.41) is 3.58. The van der Waals surface area contributed by atoms with Gasteiger partial charge in [-0.05, 0) is 40.9 Å². The van der Waals surface area contributed by atoms with Crippen molar-refractivity contribution in [1.82, 2.24) is 0 Å². The van der Waals surface area contributed by atoms with Crippen molar-refractivity contribution in [3.63, 3.8) is 0 Å². The van der Waals surface area contributed by atoms with Gasteiger partial charge in [0.25, 0.3) is 0 Å². The lowest BCUT2D eigenvalue weighted by Gasteiger charge is -2.07. The summed E-state index contributed by atoms with van der Waals surface area (Å²) in [6.07, 6.45) is 0. The number of nitrogens with zero attached hydrogens (tertiary/aromatic N) is 3. The van der Waals surface area contributed by atoms with Crippen molar-refractivity contribution in [2.75, 3.05) is 14.2 Å². The Morgan fingerprint density at radius 1 is 1.00 bits per heavy atom. The van der Waals surface area contributed by atoms with E-state index in [2.05, 4.69) is 35.4 Å². The van der Waals surface area contributed by atoms with Crippen LogP contribution in [0.1, 0.15) is 31.8 Å². The highest BCUT2D eigenvalue weighted by Gasteiger charge is 2.18. The van der Waals surface area contributed by atoms with Crippen LogP contribution in [0.2, 0.25) is 10.0 Å². The summed E-state index contributed by atoms with van der Waals surface area (Å²) in [7, 11) is 2.43. The normalized spacial score (nSPS) is 9.70. The lowest BCUT2D eigenvalue weighted by atomic mass is 10.1. The zero-order valence-electron chi connectivity index (χ0n) is 15.6. The quantitative estimate of drug-likeness (QED) is 0.152. The molecular weight excluding hydrogens is 511 g/mol. The maximum absolute atomic E-state index is 13.0. The van der Waals surface area contributed by atoms with Crippen LogP contribution < -0.4 is 0 Å². The predicted octanol–water partition coefficient (Wildman–Crippen LogP) is 6.24. The van der Waals surface area contributed by atoms with Gasteiger partial charge in [0.05, 0.1) is 41.9 Å². The summed E-state index contributed by atoms with van der Waals surface area (Å²) in [4.78, 5) is 25.2. The molecule has 2 rings (SSSR count). The zero-order chi connectivity index (χ0) is 22.8. The molecule has 160 valence electrons. The number of alkyl halides is 1. The van der Waals surface area contributed by atoms with E-state index in [4.69, 9.17) is 28.7 Å². The van der Waals surface area contributed by atoms with Gasteiger partial charge in [0.1, 0.15) is 11.6 Å². The zero-order valence-corrected chi connectivity index (χ0v) is 18.7. The van der Waals surface area contributed by atoms with Crippen LogP contribution >= 0.6 is 39.1 Å². The minimum absolute atomic E-state index is 0.0120. The fraction of sp³-hybridized carbons (Fsp3) is 0.222. The average molecular weight is 525 g/mol. The van der Waals surface area contributed by atoms with E-state index in [0.29, 0.717) is 10.9 Å². The molecule has 0 aliphatic rings. The monoisotopic (exact) mass is 523 g/mol. The van der Waals surface area contributed by atoms with Crippen LogP contribution in [-0.4, -0.2) is 26.2 Å². The van der Waals surface area contributed by atoms with Crippen molar-refractivity contribution in [3.05, 3.63) is 78.6 Å². The molecule has 0 spiro atoms. The van der Waals surface area contributed by atoms with Crippen LogP contribution in [0.25, 0.3) is 10.4 Å². The van der Waals surface area contributed by atoms with Crippen LogP contribution in [0.4, 0.5) is 8.78 Å². The second-order valence-corrected chi connectivity index (χ2v) is 6.72. The molecule has 0 aliphatic heterocycles. The predicted molar refractivity (Wildman–Crippen MR) is 111 cm³/mol. The number of benzene rings is 2. The molecule has 0 radical (unpaired) electrons. The van der Waals surface area contributed by atoms with Gasteiger partial charge in [0.15, 0.2) is 0 Å². The second kappa shape index (κ2) is 12.3. The number of hydrogen-bond acceptors (Lipinski definition) is 5. The maximum Gasteiger partial charge on any atom is 0.339 e. The molecule has 0 bridgehead atoms. The first kappa shape index (κ1) is 25.6. The highest BCUT2D eigenvalue weighted by atomic mass is 79.9. The van der Waals surface area contributed by atoms with Crippen molar-refractivity contribution < 1.29 is 27.8 Å². The van der Waals surface area contributed by atoms with E-state index in [1.54, 1.807) is 0 Å². The SMILES string of the molecule is COC(=O)c1c(Cl)cc(F)cc1CBr.COC(=O)c1c(Cl)cc(F)cc1CN=[N+]=[N-]. The molecule has 0 saturated heterocycles. The number of rotatable bonds is 5. The Labute approximate surface area is 188 Å². The van der Waals surface area contributed by atoms with E-state index in [-0.39, 0.29) is 33.3 Å². The summed E-state index contributed by atoms with van der Waals surface area (Å²) < 4.78 is 35.0. The lowest BCUT2D eigenvalue weighted by Crippen LogP contribution is -2.07. The first-order valence-electron chi connectivity index (χ1n) is 7.89. The molecule has 0 aromatic heterocycles. The number of carbonyl (C=O) groups excluding carboxylic acids is 2. The summed E-state index contributed by atoms with van der Waals surface area (Å²) >= 11 is 14.6. The van der Waals surface area contributed by atoms with Crippen molar-refractivity contribution >= 4 is 51.1 Å². The molecule has 0 unspecified atom stereocenters. The van der Waals surface area contributed by atoms with Crippen LogP contribution in [-0.2, 0) is 21.3 Å². The third kappa shape index (κ3) is 6.84. The van der Waals surface area contributed by atoms with Crippen molar-refractivity contribution in [2.24, 2.45) is 5.11 Å². The van der Waals surface area contributed by atoms with Crippen molar-refractivity contribution in [1.29, 1.82) is 0 Å². The van der Waals surface area contributed by atoms with E-state index < -0.39 is 23.6 Å². The van der Waals surface area contributed by atoms with E-state index in [0.717, 1.165) is 18.2 Å². The van der Waals surface area contributed by atoms with Gasteiger partial charge in [-0.25, -0.2) is 18.4 Å². The van der Waals surface area contributed by atoms with E-state index in [1.807, 2.05) is 0 Å². The number of carbonyl (C=O) groups is 2. The molecule has 7 nitrogen and oxygen atoms in total. The molecule has 0 amide bonds. The Morgan fingerprint density at radius 2 is 1.43 bits per heavy atom. The third-order valence-electron chi connectivity index (χ3n) is 3.50. The van der Waals surface area contributed by atoms with Crippen LogP contribution in [0, 0.1) is 11.6 Å². The summed E-state index contributed by atoms with van der Waals surface area (Å²) in [5.74, 6) is -2.35. The molecule has 0 aliphatic carbocycles. The second-order valence-electron chi connectivity index (χ2n) is 5.35. The van der Waals surface area contributed by atoms with Gasteiger partial charge >= 0.3 is 11.9 Å².